The van der Waals surface area contributed by atoms with Crippen LogP contribution in [0.3, 0.4) is 0 Å². The average Bonchev–Trinajstić information content (AvgIpc) is 2.33. The van der Waals surface area contributed by atoms with Gasteiger partial charge in [-0.25, -0.2) is 5.48 Å². The summed E-state index contributed by atoms with van der Waals surface area (Å²) in [6.07, 6.45) is 2.09. The molecule has 1 fully saturated rings. The van der Waals surface area contributed by atoms with Crippen molar-refractivity contribution in [2.24, 2.45) is 0 Å². The van der Waals surface area contributed by atoms with Crippen LogP contribution in [0.2, 0.25) is 0 Å². The van der Waals surface area contributed by atoms with E-state index in [1.54, 1.807) is 5.48 Å². The van der Waals surface area contributed by atoms with Crippen LogP contribution in [0.5, 0.6) is 0 Å². The van der Waals surface area contributed by atoms with Gasteiger partial charge in [0.05, 0.1) is 22.1 Å². The smallest absolute Gasteiger partial charge is 0.257 e. The van der Waals surface area contributed by atoms with E-state index < -0.39 is 0 Å². The van der Waals surface area contributed by atoms with Crippen molar-refractivity contribution in [3.8, 4) is 0 Å². The molecule has 0 bridgehead atoms. The highest BCUT2D eigenvalue weighted by Gasteiger charge is 2.12. The Kier molecular flexibility index (Phi) is 4.46. The largest absolute Gasteiger partial charge is 0.346 e. The summed E-state index contributed by atoms with van der Waals surface area (Å²) in [6.45, 7) is 1.86. The molecule has 0 spiro atoms. The first-order valence-corrected chi connectivity index (χ1v) is 4.74. The number of hydrogen-bond acceptors (Lipinski definition) is 4. The lowest BCUT2D eigenvalue weighted by atomic mass is 10.3. The van der Waals surface area contributed by atoms with Crippen LogP contribution in [0.15, 0.2) is 0 Å². The Morgan fingerprint density at radius 2 is 2.50 bits per heavy atom. The molecule has 0 radical (unpaired) electrons. The molecule has 1 rings (SSSR count). The van der Waals surface area contributed by atoms with Gasteiger partial charge in [-0.05, 0) is 12.8 Å². The van der Waals surface area contributed by atoms with Gasteiger partial charge in [0.25, 0.3) is 5.91 Å². The van der Waals surface area contributed by atoms with E-state index in [0.717, 1.165) is 26.0 Å². The Morgan fingerprint density at radius 3 is 3.25 bits per heavy atom. The van der Waals surface area contributed by atoms with Crippen LogP contribution in [0.4, 0.5) is 0 Å². The lowest BCUT2D eigenvalue weighted by Crippen LogP contribution is -2.31. The van der Waals surface area contributed by atoms with Gasteiger partial charge in [0, 0.05) is 6.54 Å². The van der Waals surface area contributed by atoms with Crippen molar-refractivity contribution in [1.82, 2.24) is 10.2 Å². The normalized spacial score (nSPS) is 22.1. The van der Waals surface area contributed by atoms with E-state index in [2.05, 4.69) is 0 Å². The Labute approximate surface area is 72.9 Å². The van der Waals surface area contributed by atoms with Crippen molar-refractivity contribution in [1.29, 1.82) is 0 Å². The molecule has 2 N–H and O–H groups in total. The summed E-state index contributed by atoms with van der Waals surface area (Å²) >= 11 is 0. The van der Waals surface area contributed by atoms with Crippen molar-refractivity contribution in [2.45, 2.75) is 12.8 Å². The average molecular weight is 192 g/mol. The SMILES string of the molecule is O=C(CN1CCCCOP1)NO. The highest BCUT2D eigenvalue weighted by atomic mass is 31.1. The monoisotopic (exact) mass is 192 g/mol. The zero-order chi connectivity index (χ0) is 8.81. The molecule has 0 aromatic heterocycles. The van der Waals surface area contributed by atoms with Gasteiger partial charge in [0.2, 0.25) is 0 Å². The number of rotatable bonds is 2. The van der Waals surface area contributed by atoms with Crippen LogP contribution in [0.1, 0.15) is 12.8 Å². The summed E-state index contributed by atoms with van der Waals surface area (Å²) in [4.78, 5) is 10.7. The van der Waals surface area contributed by atoms with Crippen molar-refractivity contribution < 1.29 is 14.5 Å². The first kappa shape index (κ1) is 9.86. The quantitative estimate of drug-likeness (QED) is 0.370. The fourth-order valence-corrected chi connectivity index (χ4v) is 1.86. The predicted molar refractivity (Wildman–Crippen MR) is 45.0 cm³/mol. The molecule has 1 heterocycles. The molecular weight excluding hydrogens is 179 g/mol. The number of carbonyl (C=O) groups excluding carboxylic acids is 1. The Bertz CT molecular complexity index is 148. The topological polar surface area (TPSA) is 61.8 Å². The maximum Gasteiger partial charge on any atom is 0.257 e. The molecule has 12 heavy (non-hydrogen) atoms. The van der Waals surface area contributed by atoms with Crippen LogP contribution in [0.25, 0.3) is 0 Å². The Morgan fingerprint density at radius 1 is 1.67 bits per heavy atom. The number of hydroxylamine groups is 1. The zero-order valence-corrected chi connectivity index (χ0v) is 7.75. The van der Waals surface area contributed by atoms with Gasteiger partial charge in [-0.1, -0.05) is 0 Å². The summed E-state index contributed by atoms with van der Waals surface area (Å²) < 4.78 is 7.13. The van der Waals surface area contributed by atoms with Gasteiger partial charge in [-0.15, -0.1) is 0 Å². The summed E-state index contributed by atoms with van der Waals surface area (Å²) in [7, 11) is 0.243. The molecule has 1 unspecified atom stereocenters. The van der Waals surface area contributed by atoms with Gasteiger partial charge in [0.1, 0.15) is 0 Å². The third-order valence-corrected chi connectivity index (χ3v) is 2.55. The first-order chi connectivity index (χ1) is 5.83. The molecule has 1 aliphatic rings. The molecule has 0 aromatic rings. The molecule has 6 heteroatoms. The van der Waals surface area contributed by atoms with Crippen LogP contribution in [0, 0.1) is 0 Å². The molecule has 1 amide bonds. The number of amides is 1. The molecular formula is C6H13N2O3P. The predicted octanol–water partition coefficient (Wildman–Crippen LogP) is 0.113. The summed E-state index contributed by atoms with van der Waals surface area (Å²) in [5, 5.41) is 8.27. The molecule has 1 saturated heterocycles. The highest BCUT2D eigenvalue weighted by molar-refractivity contribution is 7.29. The molecule has 1 atom stereocenters. The van der Waals surface area contributed by atoms with E-state index in [0.29, 0.717) is 0 Å². The van der Waals surface area contributed by atoms with Gasteiger partial charge < -0.3 is 4.52 Å². The molecule has 0 aromatic carbocycles. The summed E-state index contributed by atoms with van der Waals surface area (Å²) in [6, 6.07) is 0. The van der Waals surface area contributed by atoms with E-state index in [1.165, 1.54) is 0 Å². The zero-order valence-electron chi connectivity index (χ0n) is 6.75. The minimum atomic E-state index is -0.381. The number of nitrogens with zero attached hydrogens (tertiary/aromatic N) is 1. The fraction of sp³-hybridized carbons (Fsp3) is 0.833. The van der Waals surface area contributed by atoms with Crippen LogP contribution < -0.4 is 5.48 Å². The Hall–Kier alpha value is -0.220. The Balaban J connectivity index is 2.24. The van der Waals surface area contributed by atoms with E-state index in [-0.39, 0.29) is 21.4 Å². The summed E-state index contributed by atoms with van der Waals surface area (Å²) in [5.74, 6) is -0.381. The van der Waals surface area contributed by atoms with E-state index in [1.807, 2.05) is 4.67 Å². The third kappa shape index (κ3) is 3.45. The van der Waals surface area contributed by atoms with E-state index in [4.69, 9.17) is 9.73 Å². The molecule has 0 aliphatic carbocycles. The number of nitrogens with one attached hydrogen (secondary N) is 1. The second-order valence-corrected chi connectivity index (χ2v) is 3.71. The van der Waals surface area contributed by atoms with E-state index >= 15 is 0 Å². The second-order valence-electron chi connectivity index (χ2n) is 2.60. The molecule has 0 saturated carbocycles. The third-order valence-electron chi connectivity index (χ3n) is 1.58. The maximum absolute atomic E-state index is 10.7. The first-order valence-electron chi connectivity index (χ1n) is 3.88. The maximum atomic E-state index is 10.7. The lowest BCUT2D eigenvalue weighted by molar-refractivity contribution is -0.129. The van der Waals surface area contributed by atoms with Gasteiger partial charge in [-0.2, -0.15) is 0 Å². The second kappa shape index (κ2) is 5.43. The van der Waals surface area contributed by atoms with Crippen molar-refractivity contribution in [2.75, 3.05) is 19.7 Å². The minimum Gasteiger partial charge on any atom is -0.346 e. The molecule has 1 aliphatic heterocycles. The van der Waals surface area contributed by atoms with Gasteiger partial charge >= 0.3 is 0 Å². The lowest BCUT2D eigenvalue weighted by Gasteiger charge is -2.16. The van der Waals surface area contributed by atoms with Gasteiger partial charge in [0.15, 0.2) is 0 Å². The fourth-order valence-electron chi connectivity index (χ4n) is 0.980. The van der Waals surface area contributed by atoms with E-state index in [9.17, 15) is 4.79 Å². The highest BCUT2D eigenvalue weighted by Crippen LogP contribution is 2.23. The number of carbonyl (C=O) groups is 1. The molecule has 5 nitrogen and oxygen atoms in total. The van der Waals surface area contributed by atoms with Crippen LogP contribution in [-0.4, -0.2) is 35.5 Å². The van der Waals surface area contributed by atoms with Crippen LogP contribution >= 0.6 is 8.96 Å². The van der Waals surface area contributed by atoms with Crippen LogP contribution in [-0.2, 0) is 9.32 Å². The van der Waals surface area contributed by atoms with Crippen molar-refractivity contribution in [3.05, 3.63) is 0 Å². The number of hydrogen-bond donors (Lipinski definition) is 2. The van der Waals surface area contributed by atoms with Crippen molar-refractivity contribution >= 4 is 14.9 Å². The van der Waals surface area contributed by atoms with Crippen molar-refractivity contribution in [3.63, 3.8) is 0 Å². The minimum absolute atomic E-state index is 0.217. The molecule has 70 valence electrons. The standard InChI is InChI=1S/C6H13N2O3P/c9-6(7-10)5-8-3-1-2-4-11-12-8/h10,12H,1-5H2,(H,7,9). The van der Waals surface area contributed by atoms with Gasteiger partial charge in [-0.3, -0.25) is 14.7 Å². The summed E-state index contributed by atoms with van der Waals surface area (Å²) in [5.41, 5.74) is 1.60.